The summed E-state index contributed by atoms with van der Waals surface area (Å²) in [5, 5.41) is 0. The highest BCUT2D eigenvalue weighted by Gasteiger charge is 1.96. The van der Waals surface area contributed by atoms with E-state index < -0.39 is 0 Å². The molecule has 0 rings (SSSR count). The summed E-state index contributed by atoms with van der Waals surface area (Å²) in [5.74, 6) is 3.62. The second-order valence-electron chi connectivity index (χ2n) is 6.89. The van der Waals surface area contributed by atoms with Gasteiger partial charge in [-0.2, -0.15) is 0 Å². The van der Waals surface area contributed by atoms with Crippen LogP contribution in [0, 0.1) is 23.7 Å². The fourth-order valence-corrected chi connectivity index (χ4v) is 3.96. The molecule has 0 aliphatic rings. The van der Waals surface area contributed by atoms with E-state index >= 15 is 0 Å². The van der Waals surface area contributed by atoms with Crippen LogP contribution in [0.3, 0.4) is 0 Å². The number of rotatable bonds is 8. The van der Waals surface area contributed by atoms with Crippen molar-refractivity contribution in [1.29, 1.82) is 0 Å². The topological polar surface area (TPSA) is 0 Å². The first-order valence-electron chi connectivity index (χ1n) is 7.67. The summed E-state index contributed by atoms with van der Waals surface area (Å²) in [4.78, 5) is 0. The van der Waals surface area contributed by atoms with Gasteiger partial charge in [-0.05, 0) is 48.3 Å². The molecule has 0 nitrogen and oxygen atoms in total. The third-order valence-electron chi connectivity index (χ3n) is 2.21. The molecule has 0 atom stereocenters. The first kappa shape index (κ1) is 24.9. The summed E-state index contributed by atoms with van der Waals surface area (Å²) in [6, 6.07) is 0. The van der Waals surface area contributed by atoms with E-state index in [2.05, 4.69) is 55.4 Å². The molecule has 0 aliphatic carbocycles. The second kappa shape index (κ2) is 16.9. The maximum Gasteiger partial charge on any atom is -0.0330 e. The zero-order valence-electron chi connectivity index (χ0n) is 14.1. The molecular weight excluding hydrogens is 266 g/mol. The monoisotopic (exact) mass is 308 g/mol. The van der Waals surface area contributed by atoms with Crippen LogP contribution < -0.4 is 0 Å². The minimum Gasteiger partial charge on any atom is -0.122 e. The lowest BCUT2D eigenvalue weighted by molar-refractivity contribution is 0.724. The van der Waals surface area contributed by atoms with E-state index in [9.17, 15) is 0 Å². The summed E-state index contributed by atoms with van der Waals surface area (Å²) in [6.07, 6.45) is 5.72. The maximum atomic E-state index is 2.30. The van der Waals surface area contributed by atoms with Crippen LogP contribution in [0.1, 0.15) is 62.8 Å². The molecule has 120 valence electrons. The average Bonchev–Trinajstić information content (AvgIpc) is 2.15. The molecule has 0 aromatic rings. The van der Waals surface area contributed by atoms with Crippen molar-refractivity contribution in [2.24, 2.45) is 23.7 Å². The average molecular weight is 308 g/mol. The number of hydrogen-bond donors (Lipinski definition) is 0. The molecule has 0 saturated carbocycles. The fraction of sp³-hybridized carbons (Fsp3) is 1.00. The molecule has 0 fully saturated rings. The van der Waals surface area contributed by atoms with Crippen molar-refractivity contribution in [2.75, 3.05) is 24.6 Å². The van der Waals surface area contributed by atoms with Gasteiger partial charge in [0.25, 0.3) is 0 Å². The molecule has 0 bridgehead atoms. The zero-order valence-corrected chi connectivity index (χ0v) is 16.1. The van der Waals surface area contributed by atoms with Gasteiger partial charge in [-0.3, -0.25) is 0 Å². The van der Waals surface area contributed by atoms with Crippen LogP contribution in [0.2, 0.25) is 0 Å². The molecule has 0 saturated heterocycles. The molecule has 0 unspecified atom stereocenters. The van der Waals surface area contributed by atoms with Crippen molar-refractivity contribution in [2.45, 2.75) is 62.8 Å². The molecule has 0 heterocycles. The van der Waals surface area contributed by atoms with E-state index in [1.165, 1.54) is 41.8 Å². The van der Waals surface area contributed by atoms with Crippen LogP contribution in [0.25, 0.3) is 0 Å². The van der Waals surface area contributed by atoms with Gasteiger partial charge in [-0.25, -0.2) is 0 Å². The smallest absolute Gasteiger partial charge is 0.0330 e. The van der Waals surface area contributed by atoms with Crippen molar-refractivity contribution >= 4 is 17.2 Å². The van der Waals surface area contributed by atoms with Gasteiger partial charge in [0, 0.05) is 0 Å². The standard InChI is InChI=1S/2C8H19P.CH4/c2*1-7(2)5-9-6-8(3)4;/h2*7-9H,5-6H2,1-4H3;1H4. The van der Waals surface area contributed by atoms with Gasteiger partial charge in [-0.15, -0.1) is 17.2 Å². The van der Waals surface area contributed by atoms with E-state index in [0.717, 1.165) is 23.7 Å². The normalized spacial score (nSPS) is 10.7. The molecule has 0 spiro atoms. The van der Waals surface area contributed by atoms with Crippen LogP contribution >= 0.6 is 17.2 Å². The molecule has 19 heavy (non-hydrogen) atoms. The summed E-state index contributed by atoms with van der Waals surface area (Å²) < 4.78 is 0. The highest BCUT2D eigenvalue weighted by atomic mass is 31.1. The third kappa shape index (κ3) is 32.4. The van der Waals surface area contributed by atoms with Crippen LogP contribution in [0.5, 0.6) is 0 Å². The van der Waals surface area contributed by atoms with Gasteiger partial charge in [-0.1, -0.05) is 62.8 Å². The Kier molecular flexibility index (Phi) is 22.1. The Labute approximate surface area is 128 Å². The largest absolute Gasteiger partial charge is 0.122 e. The van der Waals surface area contributed by atoms with E-state index in [0.29, 0.717) is 0 Å². The van der Waals surface area contributed by atoms with Crippen molar-refractivity contribution in [3.63, 3.8) is 0 Å². The fourth-order valence-electron chi connectivity index (χ4n) is 1.32. The Bertz CT molecular complexity index is 117. The third-order valence-corrected chi connectivity index (χ3v) is 6.63. The van der Waals surface area contributed by atoms with Gasteiger partial charge >= 0.3 is 0 Å². The van der Waals surface area contributed by atoms with Gasteiger partial charge in [0.05, 0.1) is 0 Å². The first-order valence-corrected chi connectivity index (χ1v) is 10.5. The van der Waals surface area contributed by atoms with Crippen LogP contribution in [-0.2, 0) is 0 Å². The van der Waals surface area contributed by atoms with Gasteiger partial charge in [0.15, 0.2) is 0 Å². The van der Waals surface area contributed by atoms with Crippen molar-refractivity contribution < 1.29 is 0 Å². The minimum absolute atomic E-state index is 0. The van der Waals surface area contributed by atoms with Gasteiger partial charge in [0.1, 0.15) is 0 Å². The predicted octanol–water partition coefficient (Wildman–Crippen LogP) is 6.59. The van der Waals surface area contributed by atoms with Crippen LogP contribution in [0.4, 0.5) is 0 Å². The zero-order chi connectivity index (χ0) is 14.6. The Morgan fingerprint density at radius 3 is 0.737 bits per heavy atom. The quantitative estimate of drug-likeness (QED) is 0.444. The van der Waals surface area contributed by atoms with E-state index in [1.54, 1.807) is 0 Å². The first-order chi connectivity index (χ1) is 8.25. The van der Waals surface area contributed by atoms with Gasteiger partial charge in [0.2, 0.25) is 0 Å². The summed E-state index contributed by atoms with van der Waals surface area (Å²) in [6.45, 7) is 18.4. The molecule has 0 aromatic carbocycles. The lowest BCUT2D eigenvalue weighted by atomic mass is 10.3. The minimum atomic E-state index is 0. The molecule has 0 amide bonds. The Morgan fingerprint density at radius 1 is 0.474 bits per heavy atom. The highest BCUT2D eigenvalue weighted by Crippen LogP contribution is 2.18. The summed E-state index contributed by atoms with van der Waals surface area (Å²) >= 11 is 0. The summed E-state index contributed by atoms with van der Waals surface area (Å²) in [5.41, 5.74) is 0. The number of hydrogen-bond acceptors (Lipinski definition) is 0. The Hall–Kier alpha value is 0.860. The van der Waals surface area contributed by atoms with Gasteiger partial charge < -0.3 is 0 Å². The van der Waals surface area contributed by atoms with Crippen molar-refractivity contribution in [1.82, 2.24) is 0 Å². The second-order valence-corrected chi connectivity index (χ2v) is 9.52. The molecule has 0 radical (unpaired) electrons. The van der Waals surface area contributed by atoms with E-state index in [-0.39, 0.29) is 7.43 Å². The molecular formula is C17H42P2. The Morgan fingerprint density at radius 2 is 0.632 bits per heavy atom. The lowest BCUT2D eigenvalue weighted by Gasteiger charge is -2.06. The maximum absolute atomic E-state index is 2.30. The Balaban J connectivity index is -0.000000256. The predicted molar refractivity (Wildman–Crippen MR) is 102 cm³/mol. The van der Waals surface area contributed by atoms with Crippen LogP contribution in [-0.4, -0.2) is 24.6 Å². The van der Waals surface area contributed by atoms with Crippen LogP contribution in [0.15, 0.2) is 0 Å². The molecule has 0 aliphatic heterocycles. The lowest BCUT2D eigenvalue weighted by Crippen LogP contribution is -1.94. The van der Waals surface area contributed by atoms with E-state index in [1.807, 2.05) is 0 Å². The SMILES string of the molecule is C.CC(C)CPCC(C)C.CC(C)CPCC(C)C. The van der Waals surface area contributed by atoms with E-state index in [4.69, 9.17) is 0 Å². The molecule has 2 heteroatoms. The van der Waals surface area contributed by atoms with Crippen molar-refractivity contribution in [3.8, 4) is 0 Å². The molecule has 0 N–H and O–H groups in total. The highest BCUT2D eigenvalue weighted by molar-refractivity contribution is 7.38. The molecule has 0 aromatic heterocycles. The van der Waals surface area contributed by atoms with Crippen molar-refractivity contribution in [3.05, 3.63) is 0 Å². The summed E-state index contributed by atoms with van der Waals surface area (Å²) in [7, 11) is 2.39.